The summed E-state index contributed by atoms with van der Waals surface area (Å²) in [5, 5.41) is 11.1. The Morgan fingerprint density at radius 1 is 0.767 bits per heavy atom. The van der Waals surface area contributed by atoms with Crippen molar-refractivity contribution in [3.8, 4) is 0 Å². The number of carbonyl (C=O) groups is 1. The molecule has 0 saturated heterocycles. The van der Waals surface area contributed by atoms with Crippen molar-refractivity contribution in [1.82, 2.24) is 4.90 Å². The van der Waals surface area contributed by atoms with Crippen LogP contribution in [-0.2, 0) is 4.79 Å². The van der Waals surface area contributed by atoms with Gasteiger partial charge in [-0.05, 0) is 63.5 Å². The third-order valence-corrected chi connectivity index (χ3v) is 5.94. The summed E-state index contributed by atoms with van der Waals surface area (Å²) >= 11 is 0. The van der Waals surface area contributed by atoms with Crippen molar-refractivity contribution in [3.05, 3.63) is 25.3 Å². The molecule has 0 N–H and O–H groups in total. The molecule has 2 atom stereocenters. The van der Waals surface area contributed by atoms with Gasteiger partial charge in [-0.3, -0.25) is 4.90 Å². The molecule has 0 bridgehead atoms. The Hall–Kier alpha value is 0.546. The van der Waals surface area contributed by atoms with E-state index < -0.39 is 5.97 Å². The maximum absolute atomic E-state index is 11.1. The maximum Gasteiger partial charge on any atom is 1.00 e. The average molecular weight is 446 g/mol. The summed E-state index contributed by atoms with van der Waals surface area (Å²) in [5.41, 5.74) is 0. The number of nitrogens with zero attached hydrogens (tertiary/aromatic N) is 1. The minimum absolute atomic E-state index is 0. The summed E-state index contributed by atoms with van der Waals surface area (Å²) in [6.07, 6.45) is 21.2. The normalized spacial score (nSPS) is 12.9. The molecule has 30 heavy (non-hydrogen) atoms. The number of carbonyl (C=O) groups excluding carboxylic acids is 1. The van der Waals surface area contributed by atoms with E-state index in [1.807, 2.05) is 12.2 Å². The van der Waals surface area contributed by atoms with Gasteiger partial charge in [-0.15, -0.1) is 13.2 Å². The average Bonchev–Trinajstić information content (AvgIpc) is 2.69. The fourth-order valence-electron chi connectivity index (χ4n) is 3.82. The van der Waals surface area contributed by atoms with Gasteiger partial charge < -0.3 is 9.90 Å². The predicted octanol–water partition coefficient (Wildman–Crippen LogP) is 3.15. The SMILES string of the molecule is C=CCCCCCCC(C)CCN(CCC(C)CCCCCCC=C)CC(=O)[O-].[K+]. The molecular formula is C26H48KNO2. The molecule has 3 nitrogen and oxygen atoms in total. The quantitative estimate of drug-likeness (QED) is 0.146. The maximum atomic E-state index is 11.1. The number of aliphatic carboxylic acids is 1. The van der Waals surface area contributed by atoms with Crippen LogP contribution in [0.2, 0.25) is 0 Å². The van der Waals surface area contributed by atoms with Crippen molar-refractivity contribution in [3.63, 3.8) is 0 Å². The van der Waals surface area contributed by atoms with Gasteiger partial charge in [-0.1, -0.05) is 77.4 Å². The summed E-state index contributed by atoms with van der Waals surface area (Å²) < 4.78 is 0. The van der Waals surface area contributed by atoms with Crippen LogP contribution >= 0.6 is 0 Å². The second-order valence-electron chi connectivity index (χ2n) is 9.00. The monoisotopic (exact) mass is 445 g/mol. The molecule has 0 aliphatic heterocycles. The van der Waals surface area contributed by atoms with Crippen LogP contribution in [0.3, 0.4) is 0 Å². The van der Waals surface area contributed by atoms with E-state index in [2.05, 4.69) is 31.9 Å². The molecule has 0 fully saturated rings. The van der Waals surface area contributed by atoms with Gasteiger partial charge in [-0.2, -0.15) is 0 Å². The molecule has 0 spiro atoms. The van der Waals surface area contributed by atoms with Crippen LogP contribution in [0.5, 0.6) is 0 Å². The Bertz CT molecular complexity index is 384. The van der Waals surface area contributed by atoms with Crippen molar-refractivity contribution >= 4 is 5.97 Å². The zero-order chi connectivity index (χ0) is 21.7. The van der Waals surface area contributed by atoms with E-state index in [-0.39, 0.29) is 57.9 Å². The number of rotatable bonds is 22. The Balaban J connectivity index is 0. The van der Waals surface area contributed by atoms with Crippen LogP contribution in [0.15, 0.2) is 25.3 Å². The first-order chi connectivity index (χ1) is 14.0. The van der Waals surface area contributed by atoms with E-state index in [0.717, 1.165) is 38.8 Å². The van der Waals surface area contributed by atoms with Gasteiger partial charge in [0, 0.05) is 6.54 Å². The Morgan fingerprint density at radius 3 is 1.53 bits per heavy atom. The standard InChI is InChI=1S/C26H49NO2.K/c1-5-7-9-11-13-15-17-24(3)19-21-27(23-26(28)29)22-20-25(4)18-16-14-12-10-8-6-2;/h5-6,24-25H,1-2,7-23H2,3-4H3,(H,28,29);/q;+1/p-1. The Kier molecular flexibility index (Phi) is 26.4. The van der Waals surface area contributed by atoms with Crippen molar-refractivity contribution in [2.45, 2.75) is 104 Å². The predicted molar refractivity (Wildman–Crippen MR) is 125 cm³/mol. The molecule has 0 amide bonds. The topological polar surface area (TPSA) is 43.4 Å². The van der Waals surface area contributed by atoms with Gasteiger partial charge >= 0.3 is 51.4 Å². The van der Waals surface area contributed by atoms with E-state index in [1.165, 1.54) is 64.2 Å². The second kappa shape index (κ2) is 24.2. The van der Waals surface area contributed by atoms with Gasteiger partial charge in [0.1, 0.15) is 0 Å². The molecule has 0 radical (unpaired) electrons. The Labute approximate surface area is 230 Å². The molecule has 4 heteroatoms. The number of carboxylic acids is 1. The molecule has 0 aliphatic carbocycles. The molecule has 0 saturated carbocycles. The molecule has 0 aromatic heterocycles. The van der Waals surface area contributed by atoms with Crippen LogP contribution in [0.25, 0.3) is 0 Å². The molecule has 0 aromatic rings. The van der Waals surface area contributed by atoms with Crippen LogP contribution in [-0.4, -0.2) is 30.5 Å². The van der Waals surface area contributed by atoms with Crippen LogP contribution in [0, 0.1) is 11.8 Å². The summed E-state index contributed by atoms with van der Waals surface area (Å²) in [6, 6.07) is 0. The zero-order valence-electron chi connectivity index (χ0n) is 20.5. The van der Waals surface area contributed by atoms with Gasteiger partial charge in [0.05, 0.1) is 5.97 Å². The molecule has 170 valence electrons. The third-order valence-electron chi connectivity index (χ3n) is 5.94. The molecule has 0 heterocycles. The van der Waals surface area contributed by atoms with Gasteiger partial charge in [0.15, 0.2) is 0 Å². The number of unbranched alkanes of at least 4 members (excludes halogenated alkanes) is 8. The van der Waals surface area contributed by atoms with Crippen LogP contribution in [0.4, 0.5) is 0 Å². The van der Waals surface area contributed by atoms with Crippen molar-refractivity contribution in [2.24, 2.45) is 11.8 Å². The number of carboxylic acid groups (broad SMARTS) is 1. The molecule has 2 unspecified atom stereocenters. The summed E-state index contributed by atoms with van der Waals surface area (Å²) in [5.74, 6) is 0.369. The van der Waals surface area contributed by atoms with Crippen molar-refractivity contribution in [2.75, 3.05) is 19.6 Å². The first kappa shape index (κ1) is 32.7. The number of hydrogen-bond donors (Lipinski definition) is 0. The van der Waals surface area contributed by atoms with E-state index in [0.29, 0.717) is 11.8 Å². The fraction of sp³-hybridized carbons (Fsp3) is 0.808. The van der Waals surface area contributed by atoms with E-state index in [9.17, 15) is 9.90 Å². The van der Waals surface area contributed by atoms with Crippen molar-refractivity contribution < 1.29 is 61.3 Å². The zero-order valence-corrected chi connectivity index (χ0v) is 23.6. The number of hydrogen-bond acceptors (Lipinski definition) is 3. The van der Waals surface area contributed by atoms with E-state index >= 15 is 0 Å². The van der Waals surface area contributed by atoms with Gasteiger partial charge in [0.25, 0.3) is 0 Å². The summed E-state index contributed by atoms with van der Waals surface area (Å²) in [6.45, 7) is 14.0. The van der Waals surface area contributed by atoms with Crippen molar-refractivity contribution in [1.29, 1.82) is 0 Å². The fourth-order valence-corrected chi connectivity index (χ4v) is 3.82. The smallest absolute Gasteiger partial charge is 0.549 e. The molecule has 0 aromatic carbocycles. The largest absolute Gasteiger partial charge is 1.00 e. The minimum Gasteiger partial charge on any atom is -0.549 e. The minimum atomic E-state index is -0.949. The summed E-state index contributed by atoms with van der Waals surface area (Å²) in [4.78, 5) is 13.2. The Morgan fingerprint density at radius 2 is 1.17 bits per heavy atom. The molecule has 0 rings (SSSR count). The first-order valence-electron chi connectivity index (χ1n) is 12.1. The number of allylic oxidation sites excluding steroid dienone is 2. The van der Waals surface area contributed by atoms with Gasteiger partial charge in [-0.25, -0.2) is 0 Å². The van der Waals surface area contributed by atoms with E-state index in [4.69, 9.17) is 0 Å². The second-order valence-corrected chi connectivity index (χ2v) is 9.00. The molecule has 0 aliphatic rings. The molecular weight excluding hydrogens is 397 g/mol. The first-order valence-corrected chi connectivity index (χ1v) is 12.1. The third kappa shape index (κ3) is 23.2. The summed E-state index contributed by atoms with van der Waals surface area (Å²) in [7, 11) is 0. The van der Waals surface area contributed by atoms with Crippen LogP contribution in [0.1, 0.15) is 104 Å². The van der Waals surface area contributed by atoms with E-state index in [1.54, 1.807) is 0 Å². The van der Waals surface area contributed by atoms with Gasteiger partial charge in [0.2, 0.25) is 0 Å². The van der Waals surface area contributed by atoms with Crippen LogP contribution < -0.4 is 56.5 Å².